The summed E-state index contributed by atoms with van der Waals surface area (Å²) in [5.74, 6) is 0.615. The SMILES string of the molecule is CC(C)(C)c1ccc(/C=C/C(=O)Nc2nnc(SCc3ccccc3)s2)cc1. The Morgan fingerprint density at radius 1 is 1.07 bits per heavy atom. The number of anilines is 1. The Labute approximate surface area is 174 Å². The molecule has 0 fully saturated rings. The van der Waals surface area contributed by atoms with Crippen molar-refractivity contribution in [2.75, 3.05) is 5.32 Å². The van der Waals surface area contributed by atoms with Gasteiger partial charge in [-0.2, -0.15) is 0 Å². The minimum absolute atomic E-state index is 0.119. The Balaban J connectivity index is 1.52. The molecule has 0 aliphatic rings. The molecule has 0 aliphatic heterocycles. The van der Waals surface area contributed by atoms with Crippen molar-refractivity contribution < 1.29 is 4.79 Å². The maximum Gasteiger partial charge on any atom is 0.250 e. The topological polar surface area (TPSA) is 54.9 Å². The summed E-state index contributed by atoms with van der Waals surface area (Å²) in [7, 11) is 0. The van der Waals surface area contributed by atoms with E-state index in [0.717, 1.165) is 15.7 Å². The second kappa shape index (κ2) is 9.17. The van der Waals surface area contributed by atoms with Crippen LogP contribution in [0.3, 0.4) is 0 Å². The van der Waals surface area contributed by atoms with Gasteiger partial charge in [-0.3, -0.25) is 10.1 Å². The number of nitrogens with one attached hydrogen (secondary N) is 1. The van der Waals surface area contributed by atoms with Crippen molar-refractivity contribution in [1.82, 2.24) is 10.2 Å². The number of thioether (sulfide) groups is 1. The molecule has 0 spiro atoms. The molecule has 0 unspecified atom stereocenters. The summed E-state index contributed by atoms with van der Waals surface area (Å²) in [6, 6.07) is 18.4. The number of aromatic nitrogens is 2. The van der Waals surface area contributed by atoms with Crippen LogP contribution in [0.1, 0.15) is 37.5 Å². The molecule has 144 valence electrons. The van der Waals surface area contributed by atoms with Crippen molar-refractivity contribution in [3.05, 3.63) is 77.4 Å². The highest BCUT2D eigenvalue weighted by atomic mass is 32.2. The molecular weight excluding hydrogens is 386 g/mol. The Kier molecular flexibility index (Phi) is 6.65. The highest BCUT2D eigenvalue weighted by Crippen LogP contribution is 2.28. The largest absolute Gasteiger partial charge is 0.297 e. The molecule has 0 atom stereocenters. The first-order valence-electron chi connectivity index (χ1n) is 9.00. The first-order chi connectivity index (χ1) is 13.4. The normalized spacial score (nSPS) is 11.7. The minimum Gasteiger partial charge on any atom is -0.297 e. The smallest absolute Gasteiger partial charge is 0.250 e. The Bertz CT molecular complexity index is 942. The number of benzene rings is 2. The lowest BCUT2D eigenvalue weighted by molar-refractivity contribution is -0.111. The molecule has 0 saturated carbocycles. The summed E-state index contributed by atoms with van der Waals surface area (Å²) in [5, 5.41) is 11.5. The number of rotatable bonds is 6. The maximum absolute atomic E-state index is 12.1. The van der Waals surface area contributed by atoms with Gasteiger partial charge in [0.15, 0.2) is 4.34 Å². The predicted octanol–water partition coefficient (Wildman–Crippen LogP) is 5.78. The Morgan fingerprint density at radius 2 is 1.79 bits per heavy atom. The van der Waals surface area contributed by atoms with Crippen molar-refractivity contribution in [2.45, 2.75) is 36.3 Å². The molecule has 0 saturated heterocycles. The van der Waals surface area contributed by atoms with Gasteiger partial charge in [-0.25, -0.2) is 0 Å². The van der Waals surface area contributed by atoms with E-state index in [1.165, 1.54) is 28.5 Å². The van der Waals surface area contributed by atoms with E-state index < -0.39 is 0 Å². The van der Waals surface area contributed by atoms with Gasteiger partial charge < -0.3 is 0 Å². The van der Waals surface area contributed by atoms with Crippen LogP contribution in [0.4, 0.5) is 5.13 Å². The summed E-state index contributed by atoms with van der Waals surface area (Å²) in [5.41, 5.74) is 3.60. The van der Waals surface area contributed by atoms with Crippen LogP contribution in [-0.4, -0.2) is 16.1 Å². The van der Waals surface area contributed by atoms with Crippen LogP contribution in [-0.2, 0) is 16.0 Å². The van der Waals surface area contributed by atoms with Gasteiger partial charge in [0.1, 0.15) is 0 Å². The third-order valence-electron chi connectivity index (χ3n) is 4.05. The summed E-state index contributed by atoms with van der Waals surface area (Å²) < 4.78 is 0.834. The van der Waals surface area contributed by atoms with Gasteiger partial charge in [-0.15, -0.1) is 10.2 Å². The van der Waals surface area contributed by atoms with E-state index in [1.807, 2.05) is 30.3 Å². The molecule has 0 bridgehead atoms. The van der Waals surface area contributed by atoms with Gasteiger partial charge in [-0.1, -0.05) is 98.5 Å². The van der Waals surface area contributed by atoms with Crippen LogP contribution in [0.25, 0.3) is 6.08 Å². The van der Waals surface area contributed by atoms with Crippen molar-refractivity contribution in [1.29, 1.82) is 0 Å². The van der Waals surface area contributed by atoms with E-state index in [1.54, 1.807) is 17.8 Å². The molecule has 1 N–H and O–H groups in total. The summed E-state index contributed by atoms with van der Waals surface area (Å²) in [6.45, 7) is 6.54. The van der Waals surface area contributed by atoms with Crippen LogP contribution in [0.5, 0.6) is 0 Å². The van der Waals surface area contributed by atoms with E-state index in [2.05, 4.69) is 60.6 Å². The molecule has 1 amide bonds. The van der Waals surface area contributed by atoms with Crippen LogP contribution in [0.15, 0.2) is 65.0 Å². The lowest BCUT2D eigenvalue weighted by atomic mass is 9.87. The highest BCUT2D eigenvalue weighted by Gasteiger charge is 2.12. The second-order valence-electron chi connectivity index (χ2n) is 7.34. The molecule has 28 heavy (non-hydrogen) atoms. The molecule has 2 aromatic carbocycles. The van der Waals surface area contributed by atoms with E-state index in [4.69, 9.17) is 0 Å². The molecule has 1 heterocycles. The van der Waals surface area contributed by atoms with Crippen LogP contribution < -0.4 is 5.32 Å². The number of carbonyl (C=O) groups is 1. The van der Waals surface area contributed by atoms with Crippen molar-refractivity contribution in [3.8, 4) is 0 Å². The van der Waals surface area contributed by atoms with E-state index in [0.29, 0.717) is 5.13 Å². The fourth-order valence-corrected chi connectivity index (χ4v) is 4.16. The van der Waals surface area contributed by atoms with E-state index >= 15 is 0 Å². The third kappa shape index (κ3) is 6.04. The van der Waals surface area contributed by atoms with Gasteiger partial charge in [-0.05, 0) is 28.2 Å². The monoisotopic (exact) mass is 409 g/mol. The summed E-state index contributed by atoms with van der Waals surface area (Å²) in [4.78, 5) is 12.1. The average Bonchev–Trinajstić information content (AvgIpc) is 3.12. The molecule has 3 rings (SSSR count). The standard InChI is InChI=1S/C22H23N3OS2/c1-22(2,3)18-12-9-16(10-13-18)11-14-19(26)23-20-24-25-21(28-20)27-15-17-7-5-4-6-8-17/h4-14H,15H2,1-3H3,(H,23,24,26)/b14-11+. The lowest BCUT2D eigenvalue weighted by Crippen LogP contribution is -2.10. The zero-order valence-corrected chi connectivity index (χ0v) is 17.8. The molecule has 6 heteroatoms. The number of hydrogen-bond acceptors (Lipinski definition) is 5. The molecule has 3 aromatic rings. The average molecular weight is 410 g/mol. The first kappa shape index (κ1) is 20.3. The summed E-state index contributed by atoms with van der Waals surface area (Å²) >= 11 is 2.99. The van der Waals surface area contributed by atoms with Crippen molar-refractivity contribution in [3.63, 3.8) is 0 Å². The minimum atomic E-state index is -0.212. The van der Waals surface area contributed by atoms with Gasteiger partial charge in [0.05, 0.1) is 0 Å². The summed E-state index contributed by atoms with van der Waals surface area (Å²) in [6.07, 6.45) is 3.32. The van der Waals surface area contributed by atoms with Crippen LogP contribution in [0.2, 0.25) is 0 Å². The van der Waals surface area contributed by atoms with Gasteiger partial charge in [0, 0.05) is 11.8 Å². The predicted molar refractivity (Wildman–Crippen MR) is 119 cm³/mol. The van der Waals surface area contributed by atoms with E-state index in [-0.39, 0.29) is 11.3 Å². The van der Waals surface area contributed by atoms with Crippen LogP contribution >= 0.6 is 23.1 Å². The number of nitrogens with zero attached hydrogens (tertiary/aromatic N) is 2. The Hall–Kier alpha value is -2.44. The molecule has 0 aliphatic carbocycles. The number of carbonyl (C=O) groups excluding carboxylic acids is 1. The van der Waals surface area contributed by atoms with Gasteiger partial charge in [0.2, 0.25) is 11.0 Å². The second-order valence-corrected chi connectivity index (χ2v) is 9.54. The number of amides is 1. The van der Waals surface area contributed by atoms with Gasteiger partial charge >= 0.3 is 0 Å². The fourth-order valence-electron chi connectivity index (χ4n) is 2.45. The highest BCUT2D eigenvalue weighted by molar-refractivity contribution is 8.00. The van der Waals surface area contributed by atoms with Crippen molar-refractivity contribution in [2.24, 2.45) is 0 Å². The first-order valence-corrected chi connectivity index (χ1v) is 10.8. The quantitative estimate of drug-likeness (QED) is 0.318. The van der Waals surface area contributed by atoms with E-state index in [9.17, 15) is 4.79 Å². The van der Waals surface area contributed by atoms with Crippen LogP contribution in [0, 0.1) is 0 Å². The number of hydrogen-bond donors (Lipinski definition) is 1. The third-order valence-corrected chi connectivity index (χ3v) is 6.09. The molecule has 0 radical (unpaired) electrons. The lowest BCUT2D eigenvalue weighted by Gasteiger charge is -2.18. The molecule has 4 nitrogen and oxygen atoms in total. The fraction of sp³-hybridized carbons (Fsp3) is 0.227. The van der Waals surface area contributed by atoms with Gasteiger partial charge in [0.25, 0.3) is 0 Å². The molecular formula is C22H23N3OS2. The zero-order chi connectivity index (χ0) is 20.0. The maximum atomic E-state index is 12.1. The molecule has 1 aromatic heterocycles. The Morgan fingerprint density at radius 3 is 2.46 bits per heavy atom. The zero-order valence-electron chi connectivity index (χ0n) is 16.2. The van der Waals surface area contributed by atoms with Crippen molar-refractivity contribution >= 4 is 40.2 Å².